The third-order valence-corrected chi connectivity index (χ3v) is 1.84. The zero-order chi connectivity index (χ0) is 9.78. The molecule has 0 fully saturated rings. The fourth-order valence-electron chi connectivity index (χ4n) is 0.666. The largest absolute Gasteiger partial charge is 0.441 e. The van der Waals surface area contributed by atoms with Crippen LogP contribution in [0, 0.1) is 0 Å². The van der Waals surface area contributed by atoms with Crippen LogP contribution in [0.15, 0.2) is 12.2 Å². The van der Waals surface area contributed by atoms with Crippen LogP contribution in [-0.4, -0.2) is 11.7 Å². The summed E-state index contributed by atoms with van der Waals surface area (Å²) in [6.07, 6.45) is 1.23. The first-order valence-electron chi connectivity index (χ1n) is 4.13. The van der Waals surface area contributed by atoms with E-state index in [1.54, 1.807) is 6.92 Å². The number of rotatable bonds is 4. The molecule has 3 nitrogen and oxygen atoms in total. The van der Waals surface area contributed by atoms with Crippen LogP contribution in [0.2, 0.25) is 0 Å². The normalized spacial score (nSPS) is 11.0. The van der Waals surface area contributed by atoms with E-state index in [4.69, 9.17) is 10.5 Å². The fourth-order valence-corrected chi connectivity index (χ4v) is 0.666. The van der Waals surface area contributed by atoms with Gasteiger partial charge in [-0.2, -0.15) is 0 Å². The molecule has 0 unspecified atom stereocenters. The molecule has 0 aromatic heterocycles. The summed E-state index contributed by atoms with van der Waals surface area (Å²) in [5.74, 6) is -0.416. The van der Waals surface area contributed by atoms with Crippen LogP contribution in [0.1, 0.15) is 33.6 Å². The minimum absolute atomic E-state index is 0.381. The van der Waals surface area contributed by atoms with Gasteiger partial charge in [-0.15, -0.1) is 0 Å². The van der Waals surface area contributed by atoms with Crippen molar-refractivity contribution in [3.8, 4) is 0 Å². The van der Waals surface area contributed by atoms with E-state index in [0.717, 1.165) is 0 Å². The lowest BCUT2D eigenvalue weighted by molar-refractivity contribution is -0.155. The van der Waals surface area contributed by atoms with Crippen LogP contribution < -0.4 is 5.73 Å². The Labute approximate surface area is 73.6 Å². The van der Waals surface area contributed by atoms with E-state index in [2.05, 4.69) is 6.58 Å². The molecule has 0 saturated carbocycles. The van der Waals surface area contributed by atoms with E-state index >= 15 is 0 Å². The van der Waals surface area contributed by atoms with Gasteiger partial charge in [0.05, 0.1) is 0 Å². The molecule has 0 spiro atoms. The molecule has 12 heavy (non-hydrogen) atoms. The van der Waals surface area contributed by atoms with Gasteiger partial charge in [0.2, 0.25) is 0 Å². The summed E-state index contributed by atoms with van der Waals surface area (Å²) in [4.78, 5) is 11.1. The Kier molecular flexibility index (Phi) is 3.96. The summed E-state index contributed by atoms with van der Waals surface area (Å²) in [5.41, 5.74) is 5.31. The van der Waals surface area contributed by atoms with Crippen molar-refractivity contribution in [3.63, 3.8) is 0 Å². The maximum Gasteiger partial charge on any atom is 0.334 e. The molecule has 0 amide bonds. The van der Waals surface area contributed by atoms with Crippen molar-refractivity contribution in [3.05, 3.63) is 12.2 Å². The molecule has 0 bridgehead atoms. The fraction of sp³-hybridized carbons (Fsp3) is 0.667. The lowest BCUT2D eigenvalue weighted by Gasteiger charge is -2.26. The summed E-state index contributed by atoms with van der Waals surface area (Å²) in [6, 6.07) is 0. The summed E-state index contributed by atoms with van der Waals surface area (Å²) in [6.45, 7) is 8.85. The lowest BCUT2D eigenvalue weighted by Crippen LogP contribution is -2.43. The molecule has 3 heteroatoms. The zero-order valence-corrected chi connectivity index (χ0v) is 8.02. The van der Waals surface area contributed by atoms with E-state index in [-0.39, 0.29) is 0 Å². The smallest absolute Gasteiger partial charge is 0.334 e. The van der Waals surface area contributed by atoms with Crippen LogP contribution in [0.3, 0.4) is 0 Å². The van der Waals surface area contributed by atoms with E-state index in [9.17, 15) is 4.79 Å². The van der Waals surface area contributed by atoms with Crippen molar-refractivity contribution in [2.75, 3.05) is 0 Å². The van der Waals surface area contributed by atoms with Gasteiger partial charge in [-0.1, -0.05) is 20.4 Å². The standard InChI is InChI=1S/C9H17NO2/c1-5-9(10,6-2)12-8(11)7(3)4/h3,5-6,10H2,1-2,4H3. The first kappa shape index (κ1) is 11.2. The number of nitrogens with two attached hydrogens (primary N) is 1. The van der Waals surface area contributed by atoms with Crippen molar-refractivity contribution in [2.45, 2.75) is 39.3 Å². The molecule has 0 radical (unpaired) electrons. The third kappa shape index (κ3) is 3.05. The van der Waals surface area contributed by atoms with Gasteiger partial charge in [-0.3, -0.25) is 5.73 Å². The second-order valence-electron chi connectivity index (χ2n) is 2.94. The van der Waals surface area contributed by atoms with Crippen LogP contribution >= 0.6 is 0 Å². The van der Waals surface area contributed by atoms with Gasteiger partial charge >= 0.3 is 5.97 Å². The molecule has 0 rings (SSSR count). The Morgan fingerprint density at radius 1 is 1.50 bits per heavy atom. The Balaban J connectivity index is 4.21. The molecule has 0 saturated heterocycles. The highest BCUT2D eigenvalue weighted by atomic mass is 16.6. The molecule has 0 heterocycles. The number of esters is 1. The Hall–Kier alpha value is -0.830. The second kappa shape index (κ2) is 4.26. The molecular formula is C9H17NO2. The van der Waals surface area contributed by atoms with Crippen LogP contribution in [-0.2, 0) is 9.53 Å². The monoisotopic (exact) mass is 171 g/mol. The number of hydrogen-bond donors (Lipinski definition) is 1. The molecule has 0 aromatic carbocycles. The van der Waals surface area contributed by atoms with Gasteiger partial charge in [0.1, 0.15) is 0 Å². The van der Waals surface area contributed by atoms with Crippen molar-refractivity contribution >= 4 is 5.97 Å². The maximum absolute atomic E-state index is 11.1. The minimum atomic E-state index is -0.823. The highest BCUT2D eigenvalue weighted by Crippen LogP contribution is 2.14. The topological polar surface area (TPSA) is 52.3 Å². The molecule has 70 valence electrons. The average Bonchev–Trinajstić information content (AvgIpc) is 2.04. The third-order valence-electron chi connectivity index (χ3n) is 1.84. The highest BCUT2D eigenvalue weighted by molar-refractivity contribution is 5.87. The van der Waals surface area contributed by atoms with Crippen LogP contribution in [0.25, 0.3) is 0 Å². The predicted octanol–water partition coefficient (Wildman–Crippen LogP) is 1.58. The minimum Gasteiger partial charge on any atom is -0.441 e. The highest BCUT2D eigenvalue weighted by Gasteiger charge is 2.24. The van der Waals surface area contributed by atoms with Gasteiger partial charge in [-0.25, -0.2) is 4.79 Å². The van der Waals surface area contributed by atoms with Gasteiger partial charge < -0.3 is 4.74 Å². The molecule has 0 aliphatic rings. The zero-order valence-electron chi connectivity index (χ0n) is 8.02. The molecular weight excluding hydrogens is 154 g/mol. The predicted molar refractivity (Wildman–Crippen MR) is 48.4 cm³/mol. The molecule has 0 aliphatic heterocycles. The van der Waals surface area contributed by atoms with Crippen LogP contribution in [0.5, 0.6) is 0 Å². The quantitative estimate of drug-likeness (QED) is 0.397. The SMILES string of the molecule is C=C(C)C(=O)OC(N)(CC)CC. The van der Waals surface area contributed by atoms with Gasteiger partial charge in [0.15, 0.2) is 5.72 Å². The second-order valence-corrected chi connectivity index (χ2v) is 2.94. The molecule has 2 N–H and O–H groups in total. The van der Waals surface area contributed by atoms with Crippen molar-refractivity contribution in [1.29, 1.82) is 0 Å². The van der Waals surface area contributed by atoms with E-state index in [1.165, 1.54) is 0 Å². The molecule has 0 atom stereocenters. The average molecular weight is 171 g/mol. The van der Waals surface area contributed by atoms with Crippen LogP contribution in [0.4, 0.5) is 0 Å². The van der Waals surface area contributed by atoms with E-state index in [1.807, 2.05) is 13.8 Å². The number of carbonyl (C=O) groups excluding carboxylic acids is 1. The lowest BCUT2D eigenvalue weighted by atomic mass is 10.1. The maximum atomic E-state index is 11.1. The summed E-state index contributed by atoms with van der Waals surface area (Å²) in [7, 11) is 0. The Bertz CT molecular complexity index is 183. The van der Waals surface area contributed by atoms with Gasteiger partial charge in [-0.05, 0) is 19.8 Å². The molecule has 0 aliphatic carbocycles. The van der Waals surface area contributed by atoms with Crippen molar-refractivity contribution < 1.29 is 9.53 Å². The summed E-state index contributed by atoms with van der Waals surface area (Å²) in [5, 5.41) is 0. The first-order chi connectivity index (χ1) is 5.45. The number of carbonyl (C=O) groups is 1. The number of ether oxygens (including phenoxy) is 1. The first-order valence-corrected chi connectivity index (χ1v) is 4.13. The Morgan fingerprint density at radius 2 is 1.92 bits per heavy atom. The molecule has 0 aromatic rings. The van der Waals surface area contributed by atoms with Gasteiger partial charge in [0, 0.05) is 5.57 Å². The Morgan fingerprint density at radius 3 is 2.17 bits per heavy atom. The van der Waals surface area contributed by atoms with E-state index in [0.29, 0.717) is 18.4 Å². The number of hydrogen-bond acceptors (Lipinski definition) is 3. The summed E-state index contributed by atoms with van der Waals surface area (Å²) >= 11 is 0. The van der Waals surface area contributed by atoms with Gasteiger partial charge in [0.25, 0.3) is 0 Å². The van der Waals surface area contributed by atoms with Crippen molar-refractivity contribution in [1.82, 2.24) is 0 Å². The van der Waals surface area contributed by atoms with E-state index < -0.39 is 11.7 Å². The summed E-state index contributed by atoms with van der Waals surface area (Å²) < 4.78 is 5.04. The van der Waals surface area contributed by atoms with Crippen molar-refractivity contribution in [2.24, 2.45) is 5.73 Å².